The second-order valence-corrected chi connectivity index (χ2v) is 10.4. The average molecular weight is 484 g/mol. The highest BCUT2D eigenvalue weighted by Crippen LogP contribution is 2.31. The van der Waals surface area contributed by atoms with Crippen LogP contribution in [0.5, 0.6) is 0 Å². The van der Waals surface area contributed by atoms with Crippen molar-refractivity contribution in [3.63, 3.8) is 0 Å². The van der Waals surface area contributed by atoms with Crippen molar-refractivity contribution in [2.24, 2.45) is 5.73 Å². The highest BCUT2D eigenvalue weighted by Gasteiger charge is 2.40. The fraction of sp³-hybridized carbons (Fsp3) is 0.435. The maximum Gasteiger partial charge on any atom is 0.416 e. The number of rotatable bonds is 6. The Bertz CT molecular complexity index is 1070. The van der Waals surface area contributed by atoms with Gasteiger partial charge in [-0.25, -0.2) is 8.42 Å². The lowest BCUT2D eigenvalue weighted by atomic mass is 9.99. The number of nitrogens with zero attached hydrogens (tertiary/aromatic N) is 1. The van der Waals surface area contributed by atoms with Gasteiger partial charge in [0, 0.05) is 19.1 Å². The molecule has 0 aliphatic carbocycles. The molecule has 2 aromatic rings. The first kappa shape index (κ1) is 25.2. The standard InChI is InChI=1S/C23H28F3N3O3S/c1-15(2)17-5-3-16(4-6-17)14-28-22(30)21-13-19(27)11-12-29(21)33(31,32)20-9-7-18(8-10-20)23(24,25)26/h3-10,15,19,21H,11-14,27H2,1-2H3,(H,28,30)/t19-,21-/m1/s1. The first-order chi connectivity index (χ1) is 15.4. The molecule has 1 aliphatic rings. The minimum absolute atomic E-state index is 0.00565. The highest BCUT2D eigenvalue weighted by atomic mass is 32.2. The van der Waals surface area contributed by atoms with Gasteiger partial charge in [-0.2, -0.15) is 17.5 Å². The van der Waals surface area contributed by atoms with E-state index in [-0.39, 0.29) is 30.4 Å². The van der Waals surface area contributed by atoms with Crippen LogP contribution in [0.15, 0.2) is 53.4 Å². The summed E-state index contributed by atoms with van der Waals surface area (Å²) in [5, 5.41) is 2.77. The van der Waals surface area contributed by atoms with Gasteiger partial charge in [-0.1, -0.05) is 38.1 Å². The molecule has 1 heterocycles. The van der Waals surface area contributed by atoms with E-state index in [0.717, 1.165) is 39.7 Å². The number of hydrogen-bond donors (Lipinski definition) is 2. The fourth-order valence-electron chi connectivity index (χ4n) is 3.78. The minimum Gasteiger partial charge on any atom is -0.351 e. The molecule has 3 rings (SSSR count). The van der Waals surface area contributed by atoms with E-state index in [4.69, 9.17) is 5.73 Å². The first-order valence-corrected chi connectivity index (χ1v) is 12.1. The van der Waals surface area contributed by atoms with Gasteiger partial charge in [0.05, 0.1) is 10.5 Å². The minimum atomic E-state index is -4.57. The largest absolute Gasteiger partial charge is 0.416 e. The number of halogens is 3. The third-order valence-corrected chi connectivity index (χ3v) is 7.72. The van der Waals surface area contributed by atoms with Gasteiger partial charge in [0.15, 0.2) is 0 Å². The molecule has 0 aromatic heterocycles. The van der Waals surface area contributed by atoms with Crippen LogP contribution in [0.1, 0.15) is 49.3 Å². The predicted molar refractivity (Wildman–Crippen MR) is 119 cm³/mol. The van der Waals surface area contributed by atoms with Crippen LogP contribution < -0.4 is 11.1 Å². The summed E-state index contributed by atoms with van der Waals surface area (Å²) in [6.07, 6.45) is -4.10. The van der Waals surface area contributed by atoms with Crippen molar-refractivity contribution < 1.29 is 26.4 Å². The zero-order chi connectivity index (χ0) is 24.4. The van der Waals surface area contributed by atoms with Gasteiger partial charge in [-0.3, -0.25) is 4.79 Å². The summed E-state index contributed by atoms with van der Waals surface area (Å²) in [5.41, 5.74) is 7.09. The van der Waals surface area contributed by atoms with E-state index in [0.29, 0.717) is 12.3 Å². The van der Waals surface area contributed by atoms with Crippen molar-refractivity contribution in [1.29, 1.82) is 0 Å². The van der Waals surface area contributed by atoms with Gasteiger partial charge in [0.2, 0.25) is 15.9 Å². The highest BCUT2D eigenvalue weighted by molar-refractivity contribution is 7.89. The molecule has 2 atom stereocenters. The normalized spacial score (nSPS) is 20.1. The van der Waals surface area contributed by atoms with Crippen LogP contribution in [0, 0.1) is 0 Å². The number of carbonyl (C=O) groups is 1. The third-order valence-electron chi connectivity index (χ3n) is 5.80. The lowest BCUT2D eigenvalue weighted by molar-refractivity contribution is -0.137. The van der Waals surface area contributed by atoms with E-state index in [1.165, 1.54) is 0 Å². The van der Waals surface area contributed by atoms with Gasteiger partial charge in [-0.05, 0) is 54.2 Å². The van der Waals surface area contributed by atoms with Gasteiger partial charge in [-0.15, -0.1) is 0 Å². The second kappa shape index (κ2) is 9.82. The van der Waals surface area contributed by atoms with Crippen molar-refractivity contribution >= 4 is 15.9 Å². The van der Waals surface area contributed by atoms with Gasteiger partial charge in [0.25, 0.3) is 0 Å². The summed E-state index contributed by atoms with van der Waals surface area (Å²) < 4.78 is 65.9. The van der Waals surface area contributed by atoms with Gasteiger partial charge < -0.3 is 11.1 Å². The third kappa shape index (κ3) is 5.93. The molecule has 2 aromatic carbocycles. The van der Waals surface area contributed by atoms with E-state index in [1.54, 1.807) is 0 Å². The Balaban J connectivity index is 1.77. The monoisotopic (exact) mass is 483 g/mol. The van der Waals surface area contributed by atoms with Crippen LogP contribution in [0.25, 0.3) is 0 Å². The maximum absolute atomic E-state index is 13.2. The average Bonchev–Trinajstić information content (AvgIpc) is 2.77. The topological polar surface area (TPSA) is 92.5 Å². The molecule has 1 aliphatic heterocycles. The molecule has 6 nitrogen and oxygen atoms in total. The quantitative estimate of drug-likeness (QED) is 0.656. The Morgan fingerprint density at radius 2 is 1.73 bits per heavy atom. The predicted octanol–water partition coefficient (Wildman–Crippen LogP) is 3.63. The molecule has 1 amide bonds. The molecule has 3 N–H and O–H groups in total. The van der Waals surface area contributed by atoms with Crippen LogP contribution >= 0.6 is 0 Å². The fourth-order valence-corrected chi connectivity index (χ4v) is 5.39. The molecule has 180 valence electrons. The SMILES string of the molecule is CC(C)c1ccc(CNC(=O)[C@H]2C[C@H](N)CCN2S(=O)(=O)c2ccc(C(F)(F)F)cc2)cc1. The number of carbonyl (C=O) groups excluding carboxylic acids is 1. The molecule has 0 bridgehead atoms. The van der Waals surface area contributed by atoms with Crippen LogP contribution in [0.2, 0.25) is 0 Å². The molecule has 1 fully saturated rings. The van der Waals surface area contributed by atoms with E-state index in [9.17, 15) is 26.4 Å². The number of alkyl halides is 3. The summed E-state index contributed by atoms with van der Waals surface area (Å²) in [7, 11) is -4.19. The summed E-state index contributed by atoms with van der Waals surface area (Å²) in [6, 6.07) is 9.62. The summed E-state index contributed by atoms with van der Waals surface area (Å²) in [6.45, 7) is 4.38. The number of benzene rings is 2. The summed E-state index contributed by atoms with van der Waals surface area (Å²) in [4.78, 5) is 12.6. The zero-order valence-corrected chi connectivity index (χ0v) is 19.3. The lowest BCUT2D eigenvalue weighted by Crippen LogP contribution is -2.55. The van der Waals surface area contributed by atoms with E-state index in [1.807, 2.05) is 24.3 Å². The van der Waals surface area contributed by atoms with Crippen molar-refractivity contribution in [2.75, 3.05) is 6.54 Å². The van der Waals surface area contributed by atoms with Crippen molar-refractivity contribution in [3.8, 4) is 0 Å². The van der Waals surface area contributed by atoms with Crippen LogP contribution in [0.3, 0.4) is 0 Å². The Morgan fingerprint density at radius 1 is 1.12 bits per heavy atom. The smallest absolute Gasteiger partial charge is 0.351 e. The van der Waals surface area contributed by atoms with Crippen molar-refractivity contribution in [2.45, 2.75) is 62.3 Å². The number of nitrogens with two attached hydrogens (primary N) is 1. The Kier molecular flexibility index (Phi) is 7.50. The van der Waals surface area contributed by atoms with Gasteiger partial charge >= 0.3 is 6.18 Å². The maximum atomic E-state index is 13.2. The molecule has 0 spiro atoms. The molecular weight excluding hydrogens is 455 g/mol. The molecule has 1 saturated heterocycles. The summed E-state index contributed by atoms with van der Waals surface area (Å²) >= 11 is 0. The Morgan fingerprint density at radius 3 is 2.27 bits per heavy atom. The van der Waals surface area contributed by atoms with Crippen LogP contribution in [-0.2, 0) is 27.5 Å². The summed E-state index contributed by atoms with van der Waals surface area (Å²) in [5.74, 6) is -0.116. The number of nitrogens with one attached hydrogen (secondary N) is 1. The zero-order valence-electron chi connectivity index (χ0n) is 18.5. The van der Waals surface area contributed by atoms with Crippen molar-refractivity contribution in [3.05, 3.63) is 65.2 Å². The van der Waals surface area contributed by atoms with Gasteiger partial charge in [0.1, 0.15) is 6.04 Å². The molecular formula is C23H28F3N3O3S. The Hall–Kier alpha value is -2.43. The van der Waals surface area contributed by atoms with E-state index in [2.05, 4.69) is 19.2 Å². The number of piperidine rings is 1. The molecule has 0 radical (unpaired) electrons. The molecule has 0 unspecified atom stereocenters. The van der Waals surface area contributed by atoms with E-state index >= 15 is 0 Å². The second-order valence-electron chi connectivity index (χ2n) is 8.55. The molecule has 10 heteroatoms. The van der Waals surface area contributed by atoms with Crippen molar-refractivity contribution in [1.82, 2.24) is 9.62 Å². The van der Waals surface area contributed by atoms with E-state index < -0.39 is 33.7 Å². The number of sulfonamides is 1. The lowest BCUT2D eigenvalue weighted by Gasteiger charge is -2.36. The molecule has 33 heavy (non-hydrogen) atoms. The molecule has 0 saturated carbocycles. The van der Waals surface area contributed by atoms with Crippen LogP contribution in [0.4, 0.5) is 13.2 Å². The first-order valence-electron chi connectivity index (χ1n) is 10.7. The van der Waals surface area contributed by atoms with Crippen LogP contribution in [-0.4, -0.2) is 37.3 Å². The Labute approximate surface area is 192 Å². The number of hydrogen-bond acceptors (Lipinski definition) is 4. The number of amides is 1.